The van der Waals surface area contributed by atoms with Crippen LogP contribution < -0.4 is 4.74 Å². The second-order valence-corrected chi connectivity index (χ2v) is 4.76. The number of nitrogens with zero attached hydrogens (tertiary/aromatic N) is 1. The van der Waals surface area contributed by atoms with E-state index in [9.17, 15) is 5.11 Å². The van der Waals surface area contributed by atoms with Gasteiger partial charge < -0.3 is 9.84 Å². The van der Waals surface area contributed by atoms with Crippen LogP contribution in [0, 0.1) is 0 Å². The van der Waals surface area contributed by atoms with Crippen LogP contribution >= 0.6 is 11.8 Å². The molecule has 0 unspecified atom stereocenters. The van der Waals surface area contributed by atoms with Gasteiger partial charge in [-0.25, -0.2) is 0 Å². The quantitative estimate of drug-likeness (QED) is 0.679. The zero-order valence-corrected chi connectivity index (χ0v) is 11.6. The van der Waals surface area contributed by atoms with Gasteiger partial charge in [0.15, 0.2) is 0 Å². The minimum absolute atomic E-state index is 0.186. The van der Waals surface area contributed by atoms with Crippen molar-refractivity contribution in [1.29, 1.82) is 0 Å². The summed E-state index contributed by atoms with van der Waals surface area (Å²) in [5.41, 5.74) is 1.49. The molecule has 0 heterocycles. The Morgan fingerprint density at radius 3 is 2.79 bits per heavy atom. The smallest absolute Gasteiger partial charge is 0.124 e. The summed E-state index contributed by atoms with van der Waals surface area (Å²) in [7, 11) is 1.59. The van der Waals surface area contributed by atoms with Gasteiger partial charge in [-0.05, 0) is 42.7 Å². The molecule has 0 radical (unpaired) electrons. The summed E-state index contributed by atoms with van der Waals surface area (Å²) in [6, 6.07) is 13.0. The lowest BCUT2D eigenvalue weighted by molar-refractivity contribution is 0.412. The Balaban J connectivity index is 2.26. The van der Waals surface area contributed by atoms with Gasteiger partial charge in [-0.3, -0.25) is 4.99 Å². The van der Waals surface area contributed by atoms with Crippen LogP contribution in [0.5, 0.6) is 11.5 Å². The van der Waals surface area contributed by atoms with E-state index in [1.165, 1.54) is 0 Å². The normalized spacial score (nSPS) is 10.8. The maximum absolute atomic E-state index is 9.76. The van der Waals surface area contributed by atoms with E-state index in [-0.39, 0.29) is 5.75 Å². The largest absolute Gasteiger partial charge is 0.507 e. The highest BCUT2D eigenvalue weighted by molar-refractivity contribution is 7.98. The highest BCUT2D eigenvalue weighted by Crippen LogP contribution is 2.24. The molecule has 0 spiro atoms. The van der Waals surface area contributed by atoms with Gasteiger partial charge in [0.05, 0.1) is 12.8 Å². The summed E-state index contributed by atoms with van der Waals surface area (Å²) in [4.78, 5) is 5.52. The van der Waals surface area contributed by atoms with E-state index in [1.54, 1.807) is 43.3 Å². The summed E-state index contributed by atoms with van der Waals surface area (Å²) in [5, 5.41) is 9.76. The Bertz CT molecular complexity index is 596. The van der Waals surface area contributed by atoms with Crippen molar-refractivity contribution in [1.82, 2.24) is 0 Å². The highest BCUT2D eigenvalue weighted by Gasteiger charge is 2.00. The van der Waals surface area contributed by atoms with Crippen molar-refractivity contribution < 1.29 is 9.84 Å². The average Bonchev–Trinajstić information content (AvgIpc) is 2.46. The number of ether oxygens (including phenoxy) is 1. The zero-order valence-electron chi connectivity index (χ0n) is 10.8. The predicted molar refractivity (Wildman–Crippen MR) is 80.1 cm³/mol. The average molecular weight is 273 g/mol. The van der Waals surface area contributed by atoms with Crippen LogP contribution in [0.3, 0.4) is 0 Å². The van der Waals surface area contributed by atoms with Crippen molar-refractivity contribution in [3.8, 4) is 11.5 Å². The molecule has 0 aliphatic carbocycles. The molecular formula is C15H15NO2S. The fourth-order valence-corrected chi connectivity index (χ4v) is 2.05. The van der Waals surface area contributed by atoms with Gasteiger partial charge in [0, 0.05) is 16.7 Å². The first kappa shape index (κ1) is 13.5. The van der Waals surface area contributed by atoms with Crippen molar-refractivity contribution in [2.45, 2.75) is 4.90 Å². The van der Waals surface area contributed by atoms with E-state index >= 15 is 0 Å². The van der Waals surface area contributed by atoms with Crippen molar-refractivity contribution in [3.05, 3.63) is 48.0 Å². The lowest BCUT2D eigenvalue weighted by Gasteiger charge is -2.03. The molecule has 3 nitrogen and oxygen atoms in total. The van der Waals surface area contributed by atoms with Gasteiger partial charge in [-0.2, -0.15) is 0 Å². The number of phenols is 1. The number of benzene rings is 2. The van der Waals surface area contributed by atoms with E-state index in [0.29, 0.717) is 11.3 Å². The molecule has 0 bridgehead atoms. The van der Waals surface area contributed by atoms with Crippen LogP contribution in [-0.2, 0) is 0 Å². The molecule has 0 aliphatic heterocycles. The lowest BCUT2D eigenvalue weighted by atomic mass is 10.2. The monoisotopic (exact) mass is 273 g/mol. The molecule has 2 rings (SSSR count). The van der Waals surface area contributed by atoms with Crippen LogP contribution in [0.25, 0.3) is 0 Å². The first-order chi connectivity index (χ1) is 9.22. The number of aliphatic imine (C=N–C) groups is 1. The van der Waals surface area contributed by atoms with Gasteiger partial charge in [-0.1, -0.05) is 6.07 Å². The maximum atomic E-state index is 9.76. The fraction of sp³-hybridized carbons (Fsp3) is 0.133. The third kappa shape index (κ3) is 3.51. The predicted octanol–water partition coefficient (Wildman–Crippen LogP) is 3.87. The van der Waals surface area contributed by atoms with Crippen LogP contribution in [0.1, 0.15) is 5.56 Å². The van der Waals surface area contributed by atoms with E-state index in [4.69, 9.17) is 4.74 Å². The summed E-state index contributed by atoms with van der Waals surface area (Å²) in [6.07, 6.45) is 3.66. The number of thioether (sulfide) groups is 1. The number of aromatic hydroxyl groups is 1. The van der Waals surface area contributed by atoms with Gasteiger partial charge in [-0.15, -0.1) is 11.8 Å². The fourth-order valence-electron chi connectivity index (χ4n) is 1.60. The number of hydrogen-bond acceptors (Lipinski definition) is 4. The summed E-state index contributed by atoms with van der Waals surface area (Å²) in [5.74, 6) is 0.877. The topological polar surface area (TPSA) is 41.8 Å². The lowest BCUT2D eigenvalue weighted by Crippen LogP contribution is -1.87. The molecule has 0 saturated carbocycles. The third-order valence-corrected chi connectivity index (χ3v) is 3.37. The number of phenolic OH excluding ortho intramolecular Hbond substituents is 1. The van der Waals surface area contributed by atoms with Crippen molar-refractivity contribution in [2.75, 3.05) is 13.4 Å². The number of hydrogen-bond donors (Lipinski definition) is 1. The Morgan fingerprint density at radius 2 is 2.05 bits per heavy atom. The molecular weight excluding hydrogens is 258 g/mol. The third-order valence-electron chi connectivity index (χ3n) is 2.64. The Hall–Kier alpha value is -1.94. The van der Waals surface area contributed by atoms with Gasteiger partial charge in [0.25, 0.3) is 0 Å². The Labute approximate surface area is 117 Å². The van der Waals surface area contributed by atoms with Crippen LogP contribution in [0.15, 0.2) is 52.4 Å². The maximum Gasteiger partial charge on any atom is 0.124 e. The second kappa shape index (κ2) is 6.29. The van der Waals surface area contributed by atoms with Crippen molar-refractivity contribution in [2.24, 2.45) is 4.99 Å². The molecule has 0 fully saturated rings. The molecule has 0 aromatic heterocycles. The highest BCUT2D eigenvalue weighted by atomic mass is 32.2. The molecule has 0 aliphatic rings. The van der Waals surface area contributed by atoms with Crippen LogP contribution in [0.2, 0.25) is 0 Å². The Kier molecular flexibility index (Phi) is 4.47. The van der Waals surface area contributed by atoms with Crippen LogP contribution in [-0.4, -0.2) is 24.7 Å². The number of methoxy groups -OCH3 is 1. The molecule has 4 heteroatoms. The van der Waals surface area contributed by atoms with Crippen molar-refractivity contribution in [3.63, 3.8) is 0 Å². The molecule has 2 aromatic rings. The second-order valence-electron chi connectivity index (χ2n) is 3.88. The zero-order chi connectivity index (χ0) is 13.7. The van der Waals surface area contributed by atoms with E-state index < -0.39 is 0 Å². The molecule has 19 heavy (non-hydrogen) atoms. The first-order valence-corrected chi connectivity index (χ1v) is 7.00. The SMILES string of the molecule is COc1ccc(O)c(C=Nc2cccc(SC)c2)c1. The van der Waals surface area contributed by atoms with Gasteiger partial charge >= 0.3 is 0 Å². The van der Waals surface area contributed by atoms with Crippen LogP contribution in [0.4, 0.5) is 5.69 Å². The molecule has 0 amide bonds. The molecule has 0 atom stereocenters. The standard InChI is InChI=1S/C15H15NO2S/c1-18-13-6-7-15(17)11(8-13)10-16-12-4-3-5-14(9-12)19-2/h3-10,17H,1-2H3. The summed E-state index contributed by atoms with van der Waals surface area (Å²) >= 11 is 1.67. The van der Waals surface area contributed by atoms with Crippen molar-refractivity contribution >= 4 is 23.7 Å². The van der Waals surface area contributed by atoms with Gasteiger partial charge in [0.2, 0.25) is 0 Å². The molecule has 2 aromatic carbocycles. The Morgan fingerprint density at radius 1 is 1.21 bits per heavy atom. The molecule has 0 saturated heterocycles. The molecule has 98 valence electrons. The first-order valence-electron chi connectivity index (χ1n) is 5.78. The summed E-state index contributed by atoms with van der Waals surface area (Å²) in [6.45, 7) is 0. The van der Waals surface area contributed by atoms with E-state index in [0.717, 1.165) is 10.6 Å². The van der Waals surface area contributed by atoms with E-state index in [1.807, 2.05) is 30.5 Å². The van der Waals surface area contributed by atoms with E-state index in [2.05, 4.69) is 4.99 Å². The number of rotatable bonds is 4. The summed E-state index contributed by atoms with van der Waals surface area (Å²) < 4.78 is 5.12. The minimum Gasteiger partial charge on any atom is -0.507 e. The molecule has 1 N–H and O–H groups in total. The van der Waals surface area contributed by atoms with Gasteiger partial charge in [0.1, 0.15) is 11.5 Å². The minimum atomic E-state index is 0.186.